The van der Waals surface area contributed by atoms with Gasteiger partial charge in [0.15, 0.2) is 0 Å². The van der Waals surface area contributed by atoms with E-state index in [9.17, 15) is 13.2 Å². The summed E-state index contributed by atoms with van der Waals surface area (Å²) in [6, 6.07) is 3.33. The number of aromatic nitrogens is 1. The lowest BCUT2D eigenvalue weighted by Gasteiger charge is -2.15. The minimum Gasteiger partial charge on any atom is -0.356 e. The molecule has 2 rings (SSSR count). The molecule has 0 bridgehead atoms. The van der Waals surface area contributed by atoms with Gasteiger partial charge in [0.05, 0.1) is 11.3 Å². The van der Waals surface area contributed by atoms with E-state index in [4.69, 9.17) is 5.26 Å². The van der Waals surface area contributed by atoms with Crippen LogP contribution in [0.25, 0.3) is 0 Å². The van der Waals surface area contributed by atoms with E-state index in [1.165, 1.54) is 16.6 Å². The molecule has 7 nitrogen and oxygen atoms in total. The van der Waals surface area contributed by atoms with Crippen molar-refractivity contribution in [1.82, 2.24) is 14.6 Å². The Balaban J connectivity index is 1.83. The zero-order valence-electron chi connectivity index (χ0n) is 10.9. The van der Waals surface area contributed by atoms with Crippen LogP contribution in [-0.4, -0.2) is 49.0 Å². The number of aromatic amines is 1. The molecule has 0 spiro atoms. The zero-order chi connectivity index (χ0) is 14.6. The van der Waals surface area contributed by atoms with Gasteiger partial charge in [0.2, 0.25) is 10.0 Å². The lowest BCUT2D eigenvalue weighted by Crippen LogP contribution is -2.36. The fraction of sp³-hybridized carbons (Fsp3) is 0.500. The number of nitrogens with one attached hydrogen (secondary N) is 2. The Labute approximate surface area is 117 Å². The lowest BCUT2D eigenvalue weighted by molar-refractivity contribution is 0.0951. The first kappa shape index (κ1) is 14.6. The topological polar surface area (TPSA) is 106 Å². The van der Waals surface area contributed by atoms with E-state index in [1.54, 1.807) is 0 Å². The van der Waals surface area contributed by atoms with E-state index in [2.05, 4.69) is 10.3 Å². The van der Waals surface area contributed by atoms with Gasteiger partial charge in [-0.25, -0.2) is 12.7 Å². The maximum Gasteiger partial charge on any atom is 0.267 e. The number of hydrogen-bond acceptors (Lipinski definition) is 4. The van der Waals surface area contributed by atoms with E-state index in [0.717, 1.165) is 12.8 Å². The smallest absolute Gasteiger partial charge is 0.267 e. The molecule has 1 aliphatic heterocycles. The van der Waals surface area contributed by atoms with Crippen molar-refractivity contribution in [3.63, 3.8) is 0 Å². The highest BCUT2D eigenvalue weighted by Gasteiger charge is 2.24. The van der Waals surface area contributed by atoms with Gasteiger partial charge < -0.3 is 10.3 Å². The second-order valence-corrected chi connectivity index (χ2v) is 6.68. The summed E-state index contributed by atoms with van der Waals surface area (Å²) in [5.41, 5.74) is 0.611. The van der Waals surface area contributed by atoms with Crippen LogP contribution >= 0.6 is 0 Å². The summed E-state index contributed by atoms with van der Waals surface area (Å²) in [5.74, 6) is -0.520. The van der Waals surface area contributed by atoms with Gasteiger partial charge >= 0.3 is 0 Å². The minimum atomic E-state index is -3.28. The van der Waals surface area contributed by atoms with Gasteiger partial charge in [-0.2, -0.15) is 5.26 Å². The van der Waals surface area contributed by atoms with E-state index >= 15 is 0 Å². The number of amides is 1. The molecule has 2 heterocycles. The zero-order valence-corrected chi connectivity index (χ0v) is 11.7. The number of sulfonamides is 1. The predicted molar refractivity (Wildman–Crippen MR) is 72.4 cm³/mol. The van der Waals surface area contributed by atoms with E-state index in [0.29, 0.717) is 18.7 Å². The Bertz CT molecular complexity index is 623. The van der Waals surface area contributed by atoms with Crippen molar-refractivity contribution in [2.75, 3.05) is 25.4 Å². The van der Waals surface area contributed by atoms with Crippen LogP contribution in [0.4, 0.5) is 0 Å². The Morgan fingerprint density at radius 1 is 1.45 bits per heavy atom. The van der Waals surface area contributed by atoms with Crippen LogP contribution in [0.2, 0.25) is 0 Å². The van der Waals surface area contributed by atoms with Crippen LogP contribution in [0.5, 0.6) is 0 Å². The predicted octanol–water partition coefficient (Wildman–Crippen LogP) is 0.0418. The second kappa shape index (κ2) is 6.07. The molecule has 2 N–H and O–H groups in total. The van der Waals surface area contributed by atoms with Crippen molar-refractivity contribution >= 4 is 15.9 Å². The highest BCUT2D eigenvalue weighted by Crippen LogP contribution is 2.12. The monoisotopic (exact) mass is 296 g/mol. The third kappa shape index (κ3) is 3.37. The van der Waals surface area contributed by atoms with Crippen LogP contribution in [-0.2, 0) is 10.0 Å². The van der Waals surface area contributed by atoms with Crippen LogP contribution in [0, 0.1) is 11.3 Å². The summed E-state index contributed by atoms with van der Waals surface area (Å²) in [6.07, 6.45) is 3.21. The molecule has 1 aliphatic rings. The van der Waals surface area contributed by atoms with Gasteiger partial charge in [-0.3, -0.25) is 4.79 Å². The molecule has 0 atom stereocenters. The molecule has 20 heavy (non-hydrogen) atoms. The van der Waals surface area contributed by atoms with E-state index in [1.807, 2.05) is 6.07 Å². The Hall–Kier alpha value is -1.85. The molecule has 1 aromatic heterocycles. The third-order valence-electron chi connectivity index (χ3n) is 3.16. The van der Waals surface area contributed by atoms with Gasteiger partial charge in [-0.15, -0.1) is 0 Å². The van der Waals surface area contributed by atoms with E-state index in [-0.39, 0.29) is 18.0 Å². The summed E-state index contributed by atoms with van der Waals surface area (Å²) in [5, 5.41) is 11.2. The molecular formula is C12H16N4O3S. The first-order valence-electron chi connectivity index (χ1n) is 6.37. The molecule has 1 aromatic rings. The Morgan fingerprint density at radius 2 is 2.15 bits per heavy atom. The van der Waals surface area contributed by atoms with Crippen molar-refractivity contribution in [1.29, 1.82) is 5.26 Å². The number of hydrogen-bond donors (Lipinski definition) is 2. The molecule has 0 aliphatic carbocycles. The normalized spacial score (nSPS) is 15.9. The molecule has 108 valence electrons. The number of H-pyrrole nitrogens is 1. The second-order valence-electron chi connectivity index (χ2n) is 4.59. The van der Waals surface area contributed by atoms with Gasteiger partial charge in [0, 0.05) is 25.8 Å². The summed E-state index contributed by atoms with van der Waals surface area (Å²) in [6.45, 7) is 1.19. The molecule has 1 amide bonds. The average molecular weight is 296 g/mol. The molecule has 0 saturated carbocycles. The van der Waals surface area contributed by atoms with Crippen LogP contribution in [0.3, 0.4) is 0 Å². The van der Waals surface area contributed by atoms with Crippen LogP contribution < -0.4 is 5.32 Å². The van der Waals surface area contributed by atoms with Crippen molar-refractivity contribution in [2.24, 2.45) is 0 Å². The maximum absolute atomic E-state index is 11.9. The third-order valence-corrected chi connectivity index (χ3v) is 5.03. The maximum atomic E-state index is 11.9. The fourth-order valence-corrected chi connectivity index (χ4v) is 3.51. The van der Waals surface area contributed by atoms with Crippen molar-refractivity contribution in [3.05, 3.63) is 23.5 Å². The number of carbonyl (C=O) groups is 1. The molecule has 0 unspecified atom stereocenters. The van der Waals surface area contributed by atoms with E-state index < -0.39 is 15.9 Å². The van der Waals surface area contributed by atoms with Gasteiger partial charge in [0.25, 0.3) is 5.91 Å². The van der Waals surface area contributed by atoms with Gasteiger partial charge in [-0.05, 0) is 18.9 Å². The van der Waals surface area contributed by atoms with Crippen molar-refractivity contribution in [3.8, 4) is 6.07 Å². The summed E-state index contributed by atoms with van der Waals surface area (Å²) in [7, 11) is -3.28. The molecular weight excluding hydrogens is 280 g/mol. The molecule has 1 fully saturated rings. The average Bonchev–Trinajstić information content (AvgIpc) is 3.10. The summed E-state index contributed by atoms with van der Waals surface area (Å²) in [4.78, 5) is 14.4. The number of nitrogens with zero attached hydrogens (tertiary/aromatic N) is 2. The number of carbonyl (C=O) groups excluding carboxylic acids is 1. The highest BCUT2D eigenvalue weighted by atomic mass is 32.2. The number of nitriles is 1. The number of rotatable bonds is 5. The molecule has 8 heteroatoms. The molecule has 1 saturated heterocycles. The van der Waals surface area contributed by atoms with Crippen LogP contribution in [0.15, 0.2) is 12.3 Å². The molecule has 0 aromatic carbocycles. The SMILES string of the molecule is N#Cc1c[nH]c(C(=O)NCCS(=O)(=O)N2CCCC2)c1. The minimum absolute atomic E-state index is 0.0541. The fourth-order valence-electron chi connectivity index (χ4n) is 2.07. The molecule has 0 radical (unpaired) electrons. The summed E-state index contributed by atoms with van der Waals surface area (Å²) < 4.78 is 25.3. The first-order valence-corrected chi connectivity index (χ1v) is 7.98. The first-order chi connectivity index (χ1) is 9.53. The van der Waals surface area contributed by atoms with Gasteiger partial charge in [-0.1, -0.05) is 0 Å². The lowest BCUT2D eigenvalue weighted by atomic mass is 10.3. The quantitative estimate of drug-likeness (QED) is 0.800. The van der Waals surface area contributed by atoms with Gasteiger partial charge in [0.1, 0.15) is 11.8 Å². The Morgan fingerprint density at radius 3 is 2.75 bits per heavy atom. The Kier molecular flexibility index (Phi) is 4.42. The summed E-state index contributed by atoms with van der Waals surface area (Å²) >= 11 is 0. The van der Waals surface area contributed by atoms with Crippen molar-refractivity contribution < 1.29 is 13.2 Å². The van der Waals surface area contributed by atoms with Crippen molar-refractivity contribution in [2.45, 2.75) is 12.8 Å². The largest absolute Gasteiger partial charge is 0.356 e. The standard InChI is InChI=1S/C12H16N4O3S/c13-8-10-7-11(15-9-10)12(17)14-3-6-20(18,19)16-4-1-2-5-16/h7,9,15H,1-6H2,(H,14,17). The highest BCUT2D eigenvalue weighted by molar-refractivity contribution is 7.89. The van der Waals surface area contributed by atoms with Crippen LogP contribution in [0.1, 0.15) is 28.9 Å².